The Labute approximate surface area is 74.6 Å². The molecule has 0 aromatic carbocycles. The van der Waals surface area contributed by atoms with E-state index in [-0.39, 0.29) is 0 Å². The minimum atomic E-state index is -0.517. The molecule has 0 spiro atoms. The van der Waals surface area contributed by atoms with Crippen molar-refractivity contribution in [3.05, 3.63) is 18.5 Å². The summed E-state index contributed by atoms with van der Waals surface area (Å²) < 4.78 is 0. The van der Waals surface area contributed by atoms with E-state index in [2.05, 4.69) is 10.4 Å². The molecule has 1 aromatic rings. The van der Waals surface area contributed by atoms with Crippen molar-refractivity contribution in [2.75, 3.05) is 12.1 Å². The van der Waals surface area contributed by atoms with Gasteiger partial charge in [0.1, 0.15) is 0 Å². The van der Waals surface area contributed by atoms with Crippen LogP contribution < -0.4 is 16.1 Å². The summed E-state index contributed by atoms with van der Waals surface area (Å²) in [6.07, 6.45) is 3.00. The maximum absolute atomic E-state index is 11.2. The van der Waals surface area contributed by atoms with Crippen LogP contribution in [0.5, 0.6) is 0 Å². The quantitative estimate of drug-likeness (QED) is 0.385. The fourth-order valence-corrected chi connectivity index (χ4v) is 0.798. The Morgan fingerprint density at radius 1 is 1.77 bits per heavy atom. The molecular weight excluding hydrogens is 172 g/mol. The van der Waals surface area contributed by atoms with E-state index in [0.717, 1.165) is 5.01 Å². The lowest BCUT2D eigenvalue weighted by Gasteiger charge is -2.18. The molecule has 7 heteroatoms. The van der Waals surface area contributed by atoms with Crippen LogP contribution in [0, 0.1) is 5.41 Å². The number of amides is 2. The van der Waals surface area contributed by atoms with Crippen molar-refractivity contribution in [3.63, 3.8) is 0 Å². The normalized spacial score (nSPS) is 9.31. The van der Waals surface area contributed by atoms with Gasteiger partial charge in [0.05, 0.1) is 6.20 Å². The van der Waals surface area contributed by atoms with Crippen LogP contribution >= 0.6 is 0 Å². The highest BCUT2D eigenvalue weighted by atomic mass is 16.2. The summed E-state index contributed by atoms with van der Waals surface area (Å²) in [4.78, 5) is 12.4. The molecule has 7 nitrogen and oxygen atoms in total. The Bertz CT molecular complexity index is 305. The summed E-state index contributed by atoms with van der Waals surface area (Å²) in [6, 6.07) is 1.11. The monoisotopic (exact) mass is 182 g/mol. The third-order valence-corrected chi connectivity index (χ3v) is 1.33. The molecule has 0 aliphatic rings. The van der Waals surface area contributed by atoms with E-state index in [1.54, 1.807) is 6.07 Å². The maximum atomic E-state index is 11.2. The first-order valence-electron chi connectivity index (χ1n) is 3.52. The number of carbonyl (C=O) groups excluding carboxylic acids is 1. The van der Waals surface area contributed by atoms with Gasteiger partial charge in [-0.2, -0.15) is 9.89 Å². The van der Waals surface area contributed by atoms with E-state index in [9.17, 15) is 4.79 Å². The van der Waals surface area contributed by atoms with Gasteiger partial charge in [0, 0.05) is 13.2 Å². The smallest absolute Gasteiger partial charge is 0.345 e. The van der Waals surface area contributed by atoms with Gasteiger partial charge in [0.25, 0.3) is 0 Å². The van der Waals surface area contributed by atoms with Crippen LogP contribution in [-0.2, 0) is 0 Å². The second kappa shape index (κ2) is 3.57. The number of rotatable bonds is 1. The van der Waals surface area contributed by atoms with Crippen LogP contribution in [0.1, 0.15) is 0 Å². The van der Waals surface area contributed by atoms with Crippen LogP contribution in [0.4, 0.5) is 4.79 Å². The summed E-state index contributed by atoms with van der Waals surface area (Å²) in [5.41, 5.74) is 5.19. The minimum absolute atomic E-state index is 0.400. The lowest BCUT2D eigenvalue weighted by atomic mass is 10.7. The van der Waals surface area contributed by atoms with Crippen LogP contribution in [-0.4, -0.2) is 28.9 Å². The molecule has 4 N–H and O–H groups in total. The van der Waals surface area contributed by atoms with E-state index in [1.807, 2.05) is 0 Å². The van der Waals surface area contributed by atoms with Crippen molar-refractivity contribution in [2.24, 2.45) is 5.73 Å². The highest BCUT2D eigenvalue weighted by Gasteiger charge is 2.16. The van der Waals surface area contributed by atoms with Gasteiger partial charge in [0.15, 0.2) is 0 Å². The Morgan fingerprint density at radius 3 is 2.85 bits per heavy atom. The maximum Gasteiger partial charge on any atom is 0.345 e. The zero-order valence-electron chi connectivity index (χ0n) is 7.06. The predicted molar refractivity (Wildman–Crippen MR) is 46.8 cm³/mol. The van der Waals surface area contributed by atoms with Crippen molar-refractivity contribution in [3.8, 4) is 0 Å². The fourth-order valence-electron chi connectivity index (χ4n) is 0.798. The number of nitrogens with zero attached hydrogens (tertiary/aromatic N) is 3. The first kappa shape index (κ1) is 9.04. The highest BCUT2D eigenvalue weighted by molar-refractivity contribution is 6.06. The summed E-state index contributed by atoms with van der Waals surface area (Å²) in [5.74, 6) is -0.400. The van der Waals surface area contributed by atoms with Crippen molar-refractivity contribution < 1.29 is 4.79 Å². The molecule has 0 unspecified atom stereocenters. The molecule has 1 heterocycles. The van der Waals surface area contributed by atoms with Gasteiger partial charge in [-0.15, -0.1) is 5.01 Å². The molecule has 0 fully saturated rings. The van der Waals surface area contributed by atoms with Crippen LogP contribution in [0.25, 0.3) is 0 Å². The molecule has 13 heavy (non-hydrogen) atoms. The Hall–Kier alpha value is -2.05. The molecule has 1 rings (SSSR count). The van der Waals surface area contributed by atoms with E-state index in [0.29, 0.717) is 0 Å². The third-order valence-electron chi connectivity index (χ3n) is 1.33. The molecule has 0 aliphatic heterocycles. The second-order valence-corrected chi connectivity index (χ2v) is 2.18. The largest absolute Gasteiger partial charge is 0.368 e. The van der Waals surface area contributed by atoms with E-state index in [4.69, 9.17) is 11.1 Å². The van der Waals surface area contributed by atoms with Gasteiger partial charge in [-0.05, 0) is 6.07 Å². The fraction of sp³-hybridized carbons (Fsp3) is 0.167. The molecule has 0 saturated carbocycles. The molecule has 0 radical (unpaired) electrons. The number of hydrogen-bond acceptors (Lipinski definition) is 3. The number of nitrogens with one attached hydrogen (secondary N) is 2. The van der Waals surface area contributed by atoms with Gasteiger partial charge in [-0.3, -0.25) is 5.41 Å². The van der Waals surface area contributed by atoms with Crippen molar-refractivity contribution >= 4 is 12.0 Å². The molecule has 70 valence electrons. The molecule has 0 atom stereocenters. The molecule has 2 amide bonds. The molecular formula is C6H10N6O. The Balaban J connectivity index is 2.93. The average Bonchev–Trinajstić information content (AvgIpc) is 2.56. The summed E-state index contributed by atoms with van der Waals surface area (Å²) in [6.45, 7) is 0. The standard InChI is InChI=1S/C6H10N6O/c1-9-6(13)12(5(7)8)11-4-2-3-10-11/h2-4H,1H3,(H3,7,8)(H,9,13). The van der Waals surface area contributed by atoms with E-state index >= 15 is 0 Å². The van der Waals surface area contributed by atoms with Gasteiger partial charge >= 0.3 is 6.03 Å². The van der Waals surface area contributed by atoms with Crippen LogP contribution in [0.3, 0.4) is 0 Å². The van der Waals surface area contributed by atoms with Crippen molar-refractivity contribution in [1.82, 2.24) is 15.2 Å². The minimum Gasteiger partial charge on any atom is -0.368 e. The summed E-state index contributed by atoms with van der Waals surface area (Å²) in [7, 11) is 1.45. The predicted octanol–water partition coefficient (Wildman–Crippen LogP) is -0.946. The van der Waals surface area contributed by atoms with Gasteiger partial charge in [-0.1, -0.05) is 0 Å². The number of aromatic nitrogens is 2. The zero-order chi connectivity index (χ0) is 9.84. The molecule has 0 saturated heterocycles. The molecule has 0 aliphatic carbocycles. The third kappa shape index (κ3) is 1.75. The van der Waals surface area contributed by atoms with Crippen LogP contribution in [0.2, 0.25) is 0 Å². The van der Waals surface area contributed by atoms with Gasteiger partial charge in [0.2, 0.25) is 5.96 Å². The molecule has 0 bridgehead atoms. The molecule has 1 aromatic heterocycles. The highest BCUT2D eigenvalue weighted by Crippen LogP contribution is 1.89. The number of hydrogen-bond donors (Lipinski definition) is 3. The van der Waals surface area contributed by atoms with Gasteiger partial charge in [-0.25, -0.2) is 4.79 Å². The Morgan fingerprint density at radius 2 is 2.46 bits per heavy atom. The number of urea groups is 1. The van der Waals surface area contributed by atoms with Crippen molar-refractivity contribution in [1.29, 1.82) is 5.41 Å². The summed E-state index contributed by atoms with van der Waals surface area (Å²) >= 11 is 0. The number of carbonyl (C=O) groups is 1. The number of nitrogens with two attached hydrogens (primary N) is 1. The van der Waals surface area contributed by atoms with Crippen LogP contribution in [0.15, 0.2) is 18.5 Å². The second-order valence-electron chi connectivity index (χ2n) is 2.18. The Kier molecular flexibility index (Phi) is 2.48. The van der Waals surface area contributed by atoms with Gasteiger partial charge < -0.3 is 11.1 Å². The first-order chi connectivity index (χ1) is 6.16. The lowest BCUT2D eigenvalue weighted by molar-refractivity contribution is 0.246. The first-order valence-corrected chi connectivity index (χ1v) is 3.52. The number of guanidine groups is 1. The average molecular weight is 182 g/mol. The topological polar surface area (TPSA) is 100 Å². The lowest BCUT2D eigenvalue weighted by Crippen LogP contribution is -2.52. The van der Waals surface area contributed by atoms with E-state index in [1.165, 1.54) is 24.2 Å². The van der Waals surface area contributed by atoms with E-state index < -0.39 is 12.0 Å². The summed E-state index contributed by atoms with van der Waals surface area (Å²) in [5, 5.41) is 14.1. The zero-order valence-corrected chi connectivity index (χ0v) is 7.06. The van der Waals surface area contributed by atoms with Crippen molar-refractivity contribution in [2.45, 2.75) is 0 Å². The SMILES string of the molecule is CNC(=O)N(C(=N)N)n1cccn1.